The molecule has 0 aromatic heterocycles. The van der Waals surface area contributed by atoms with Gasteiger partial charge in [0.15, 0.2) is 0 Å². The Balaban J connectivity index is 1.78. The van der Waals surface area contributed by atoms with Crippen LogP contribution < -0.4 is 5.32 Å². The maximum absolute atomic E-state index is 12.0. The van der Waals surface area contributed by atoms with Crippen molar-refractivity contribution in [3.05, 3.63) is 52.7 Å². The van der Waals surface area contributed by atoms with Crippen LogP contribution in [0.1, 0.15) is 18.4 Å². The molecule has 2 fully saturated rings. The lowest BCUT2D eigenvalue weighted by atomic mass is 9.62. The molecule has 5 rings (SSSR count). The van der Waals surface area contributed by atoms with Crippen LogP contribution in [0.2, 0.25) is 0 Å². The number of carbonyl (C=O) groups excluding carboxylic acids is 1. The molecular formula is C19H20N2O2. The molecule has 2 N–H and O–H groups in total. The van der Waals surface area contributed by atoms with Gasteiger partial charge in [0.1, 0.15) is 6.29 Å². The van der Waals surface area contributed by atoms with Crippen molar-refractivity contribution < 1.29 is 9.90 Å². The van der Waals surface area contributed by atoms with E-state index in [1.165, 1.54) is 11.1 Å². The summed E-state index contributed by atoms with van der Waals surface area (Å²) in [5.41, 5.74) is 5.71. The molecule has 0 unspecified atom stereocenters. The standard InChI is InChI=1S/C19H20N2O2/c22-8-5-12-10-21-7-6-19-15-3-1-2-4-16(15)20-18(19)14(11-23)13(12)9-17(19)21/h1-5,11,13,17,20,22H,6-10H2/b12-5-/t13-,17-,19+/m0/s1. The molecule has 0 radical (unpaired) electrons. The minimum absolute atomic E-state index is 0.0336. The zero-order chi connectivity index (χ0) is 15.6. The molecule has 3 heterocycles. The van der Waals surface area contributed by atoms with Crippen molar-refractivity contribution in [2.24, 2.45) is 5.92 Å². The number of allylic oxidation sites excluding steroid dienone is 1. The number of para-hydroxylation sites is 1. The van der Waals surface area contributed by atoms with Crippen LogP contribution in [-0.4, -0.2) is 42.0 Å². The van der Waals surface area contributed by atoms with Gasteiger partial charge in [0.25, 0.3) is 0 Å². The monoisotopic (exact) mass is 308 g/mol. The van der Waals surface area contributed by atoms with Gasteiger partial charge in [-0.3, -0.25) is 9.69 Å². The molecule has 1 spiro atoms. The van der Waals surface area contributed by atoms with Crippen LogP contribution in [0, 0.1) is 5.92 Å². The summed E-state index contributed by atoms with van der Waals surface area (Å²) < 4.78 is 0. The normalized spacial score (nSPS) is 36.0. The number of carbonyl (C=O) groups is 1. The highest BCUT2D eigenvalue weighted by atomic mass is 16.2. The third-order valence-electron chi connectivity index (χ3n) is 6.35. The van der Waals surface area contributed by atoms with Gasteiger partial charge in [0.2, 0.25) is 0 Å². The van der Waals surface area contributed by atoms with E-state index in [-0.39, 0.29) is 17.9 Å². The lowest BCUT2D eigenvalue weighted by Crippen LogP contribution is -2.52. The number of nitrogens with one attached hydrogen (secondary N) is 1. The molecule has 2 saturated heterocycles. The lowest BCUT2D eigenvalue weighted by Gasteiger charge is -2.48. The smallest absolute Gasteiger partial charge is 0.148 e. The number of anilines is 1. The topological polar surface area (TPSA) is 52.6 Å². The van der Waals surface area contributed by atoms with Gasteiger partial charge in [0.05, 0.1) is 12.0 Å². The fourth-order valence-corrected chi connectivity index (χ4v) is 5.48. The molecule has 4 aliphatic rings. The third kappa shape index (κ3) is 1.51. The first-order chi connectivity index (χ1) is 11.3. The number of benzene rings is 1. The minimum Gasteiger partial charge on any atom is -0.392 e. The minimum atomic E-state index is -0.0336. The van der Waals surface area contributed by atoms with Crippen molar-refractivity contribution in [1.29, 1.82) is 0 Å². The van der Waals surface area contributed by atoms with Gasteiger partial charge >= 0.3 is 0 Å². The van der Waals surface area contributed by atoms with Crippen molar-refractivity contribution in [2.75, 3.05) is 25.0 Å². The summed E-state index contributed by atoms with van der Waals surface area (Å²) in [6.07, 6.45) is 5.00. The summed E-state index contributed by atoms with van der Waals surface area (Å²) in [7, 11) is 0. The zero-order valence-corrected chi connectivity index (χ0v) is 13.0. The molecule has 0 saturated carbocycles. The number of aldehydes is 1. The number of aliphatic hydroxyl groups is 1. The van der Waals surface area contributed by atoms with Gasteiger partial charge < -0.3 is 10.4 Å². The second kappa shape index (κ2) is 4.56. The van der Waals surface area contributed by atoms with E-state index in [1.807, 2.05) is 6.08 Å². The number of nitrogens with zero attached hydrogens (tertiary/aromatic N) is 1. The average Bonchev–Trinajstić information content (AvgIpc) is 3.12. The van der Waals surface area contributed by atoms with E-state index < -0.39 is 0 Å². The molecule has 1 aliphatic carbocycles. The molecule has 118 valence electrons. The first kappa shape index (κ1) is 13.5. The van der Waals surface area contributed by atoms with Crippen molar-refractivity contribution in [2.45, 2.75) is 24.3 Å². The summed E-state index contributed by atoms with van der Waals surface area (Å²) in [6.45, 7) is 1.97. The van der Waals surface area contributed by atoms with E-state index in [4.69, 9.17) is 0 Å². The van der Waals surface area contributed by atoms with Gasteiger partial charge in [-0.1, -0.05) is 29.8 Å². The number of piperidine rings is 1. The van der Waals surface area contributed by atoms with Crippen LogP contribution in [0.25, 0.3) is 0 Å². The number of rotatable bonds is 2. The van der Waals surface area contributed by atoms with E-state index in [1.54, 1.807) is 0 Å². The highest BCUT2D eigenvalue weighted by Gasteiger charge is 2.60. The zero-order valence-electron chi connectivity index (χ0n) is 13.0. The molecule has 1 aromatic rings. The number of aliphatic hydroxyl groups excluding tert-OH is 1. The maximum Gasteiger partial charge on any atom is 0.148 e. The fraction of sp³-hybridized carbons (Fsp3) is 0.421. The Labute approximate surface area is 135 Å². The first-order valence-corrected chi connectivity index (χ1v) is 8.40. The molecule has 1 aromatic carbocycles. The fourth-order valence-electron chi connectivity index (χ4n) is 5.48. The molecule has 3 atom stereocenters. The predicted octanol–water partition coefficient (Wildman–Crippen LogP) is 1.83. The van der Waals surface area contributed by atoms with Crippen LogP contribution in [0.3, 0.4) is 0 Å². The Morgan fingerprint density at radius 3 is 3.09 bits per heavy atom. The number of fused-ring (bicyclic) bond motifs is 2. The molecule has 0 amide bonds. The van der Waals surface area contributed by atoms with E-state index >= 15 is 0 Å². The van der Waals surface area contributed by atoms with Crippen LogP contribution in [0.5, 0.6) is 0 Å². The van der Waals surface area contributed by atoms with Crippen molar-refractivity contribution in [3.8, 4) is 0 Å². The Bertz CT molecular complexity index is 766. The van der Waals surface area contributed by atoms with Crippen molar-refractivity contribution in [3.63, 3.8) is 0 Å². The summed E-state index contributed by atoms with van der Waals surface area (Å²) in [5.74, 6) is 0.156. The quantitative estimate of drug-likeness (QED) is 0.646. The Morgan fingerprint density at radius 2 is 2.26 bits per heavy atom. The summed E-state index contributed by atoms with van der Waals surface area (Å²) in [6, 6.07) is 8.96. The Morgan fingerprint density at radius 1 is 1.39 bits per heavy atom. The summed E-state index contributed by atoms with van der Waals surface area (Å²) in [5, 5.41) is 12.9. The van der Waals surface area contributed by atoms with Gasteiger partial charge in [-0.05, 0) is 24.5 Å². The van der Waals surface area contributed by atoms with Crippen LogP contribution in [0.4, 0.5) is 5.69 Å². The Hall–Kier alpha value is -1.91. The highest BCUT2D eigenvalue weighted by Crippen LogP contribution is 2.60. The summed E-state index contributed by atoms with van der Waals surface area (Å²) >= 11 is 0. The van der Waals surface area contributed by atoms with E-state index in [2.05, 4.69) is 34.5 Å². The summed E-state index contributed by atoms with van der Waals surface area (Å²) in [4.78, 5) is 14.5. The average molecular weight is 308 g/mol. The molecular weight excluding hydrogens is 288 g/mol. The van der Waals surface area contributed by atoms with Crippen molar-refractivity contribution >= 4 is 12.0 Å². The second-order valence-electron chi connectivity index (χ2n) is 7.08. The van der Waals surface area contributed by atoms with Crippen LogP contribution >= 0.6 is 0 Å². The molecule has 2 bridgehead atoms. The lowest BCUT2D eigenvalue weighted by molar-refractivity contribution is -0.105. The predicted molar refractivity (Wildman–Crippen MR) is 88.1 cm³/mol. The van der Waals surface area contributed by atoms with Gasteiger partial charge in [0, 0.05) is 42.0 Å². The van der Waals surface area contributed by atoms with Crippen LogP contribution in [0.15, 0.2) is 47.2 Å². The highest BCUT2D eigenvalue weighted by molar-refractivity contribution is 5.84. The number of hydrogen-bond donors (Lipinski definition) is 2. The number of hydrogen-bond acceptors (Lipinski definition) is 4. The molecule has 4 heteroatoms. The maximum atomic E-state index is 12.0. The Kier molecular flexibility index (Phi) is 2.68. The molecule has 23 heavy (non-hydrogen) atoms. The van der Waals surface area contributed by atoms with Crippen molar-refractivity contribution in [1.82, 2.24) is 4.90 Å². The SMILES string of the molecule is O=CC1=C2Nc3ccccc3[C@@]23CCN2C/C(=C/CO)[C@@H]1C[C@H]23. The van der Waals surface area contributed by atoms with E-state index in [9.17, 15) is 9.90 Å². The van der Waals surface area contributed by atoms with Crippen LogP contribution in [-0.2, 0) is 10.2 Å². The molecule has 4 nitrogen and oxygen atoms in total. The first-order valence-electron chi connectivity index (χ1n) is 8.40. The van der Waals surface area contributed by atoms with E-state index in [0.717, 1.165) is 49.2 Å². The van der Waals surface area contributed by atoms with E-state index in [0.29, 0.717) is 6.04 Å². The molecule has 3 aliphatic heterocycles. The van der Waals surface area contributed by atoms with Gasteiger partial charge in [-0.2, -0.15) is 0 Å². The largest absolute Gasteiger partial charge is 0.392 e. The third-order valence-corrected chi connectivity index (χ3v) is 6.35. The van der Waals surface area contributed by atoms with Gasteiger partial charge in [-0.15, -0.1) is 0 Å². The second-order valence-corrected chi connectivity index (χ2v) is 7.08. The van der Waals surface area contributed by atoms with Gasteiger partial charge in [-0.25, -0.2) is 0 Å².